The lowest BCUT2D eigenvalue weighted by atomic mass is 10.0. The minimum absolute atomic E-state index is 0.253. The summed E-state index contributed by atoms with van der Waals surface area (Å²) in [5, 5.41) is 12.9. The molecule has 0 aromatic carbocycles. The number of hydrogen-bond acceptors (Lipinski definition) is 4. The van der Waals surface area contributed by atoms with Crippen LogP contribution in [-0.2, 0) is 9.53 Å². The number of β-amino-alcohol motifs (C(OH)–C–C–N with tert-alkyl or cyclic N) is 1. The molecular weight excluding hydrogens is 232 g/mol. The van der Waals surface area contributed by atoms with Gasteiger partial charge in [0.2, 0.25) is 5.91 Å². The lowest BCUT2D eigenvalue weighted by molar-refractivity contribution is -0.119. The minimum atomic E-state index is -0.544. The topological polar surface area (TPSA) is 84.6 Å². The van der Waals surface area contributed by atoms with Crippen LogP contribution in [0.15, 0.2) is 0 Å². The summed E-state index contributed by atoms with van der Waals surface area (Å²) in [6.07, 6.45) is 4.69. The summed E-state index contributed by atoms with van der Waals surface area (Å²) < 4.78 is 5.63. The number of carbonyl (C=O) groups is 1. The van der Waals surface area contributed by atoms with Gasteiger partial charge in [-0.1, -0.05) is 12.8 Å². The van der Waals surface area contributed by atoms with Crippen molar-refractivity contribution in [2.24, 2.45) is 5.73 Å². The standard InChI is InChI=1S/C13H26N2O3/c1-13(2,7-12(14)17)15-8-10(16)9-18-11-5-3-4-6-11/h10-11,15-16H,3-9H2,1-2H3,(H2,14,17). The molecule has 106 valence electrons. The van der Waals surface area contributed by atoms with E-state index >= 15 is 0 Å². The highest BCUT2D eigenvalue weighted by molar-refractivity contribution is 5.74. The Bertz CT molecular complexity index is 263. The molecule has 5 heteroatoms. The van der Waals surface area contributed by atoms with Crippen molar-refractivity contribution in [3.63, 3.8) is 0 Å². The Morgan fingerprint density at radius 1 is 1.50 bits per heavy atom. The molecule has 0 spiro atoms. The minimum Gasteiger partial charge on any atom is -0.389 e. The van der Waals surface area contributed by atoms with Crippen LogP contribution in [0.1, 0.15) is 46.0 Å². The van der Waals surface area contributed by atoms with Gasteiger partial charge in [0.1, 0.15) is 0 Å². The lowest BCUT2D eigenvalue weighted by Crippen LogP contribution is -2.46. The van der Waals surface area contributed by atoms with Gasteiger partial charge >= 0.3 is 0 Å². The van der Waals surface area contributed by atoms with Crippen molar-refractivity contribution in [1.29, 1.82) is 0 Å². The highest BCUT2D eigenvalue weighted by Gasteiger charge is 2.22. The smallest absolute Gasteiger partial charge is 0.219 e. The van der Waals surface area contributed by atoms with E-state index < -0.39 is 6.10 Å². The fraction of sp³-hybridized carbons (Fsp3) is 0.923. The van der Waals surface area contributed by atoms with Gasteiger partial charge in [0.25, 0.3) is 0 Å². The summed E-state index contributed by atoms with van der Waals surface area (Å²) in [6, 6.07) is 0. The second-order valence-electron chi connectivity index (χ2n) is 5.80. The van der Waals surface area contributed by atoms with Crippen LogP contribution in [0.3, 0.4) is 0 Å². The Kier molecular flexibility index (Phi) is 6.05. The summed E-state index contributed by atoms with van der Waals surface area (Å²) in [7, 11) is 0. The predicted molar refractivity (Wildman–Crippen MR) is 70.1 cm³/mol. The molecule has 0 aliphatic heterocycles. The van der Waals surface area contributed by atoms with Gasteiger partial charge in [0, 0.05) is 18.5 Å². The van der Waals surface area contributed by atoms with Gasteiger partial charge in [-0.2, -0.15) is 0 Å². The van der Waals surface area contributed by atoms with E-state index in [2.05, 4.69) is 5.32 Å². The van der Waals surface area contributed by atoms with Crippen LogP contribution in [0.4, 0.5) is 0 Å². The summed E-state index contributed by atoms with van der Waals surface area (Å²) >= 11 is 0. The molecule has 1 unspecified atom stereocenters. The molecule has 1 aliphatic rings. The maximum atomic E-state index is 10.9. The molecule has 1 amide bonds. The summed E-state index contributed by atoms with van der Waals surface area (Å²) in [5.74, 6) is -0.343. The van der Waals surface area contributed by atoms with Crippen LogP contribution < -0.4 is 11.1 Å². The second-order valence-corrected chi connectivity index (χ2v) is 5.80. The van der Waals surface area contributed by atoms with E-state index in [1.165, 1.54) is 12.8 Å². The first-order valence-electron chi connectivity index (χ1n) is 6.72. The molecule has 1 aliphatic carbocycles. The molecular formula is C13H26N2O3. The molecule has 0 heterocycles. The number of hydrogen-bond donors (Lipinski definition) is 3. The molecule has 1 atom stereocenters. The zero-order valence-electron chi connectivity index (χ0n) is 11.4. The van der Waals surface area contributed by atoms with E-state index in [-0.39, 0.29) is 17.9 Å². The Hall–Kier alpha value is -0.650. The number of nitrogens with one attached hydrogen (secondary N) is 1. The first-order chi connectivity index (χ1) is 8.39. The number of aliphatic hydroxyl groups excluding tert-OH is 1. The number of primary amides is 1. The van der Waals surface area contributed by atoms with Crippen molar-refractivity contribution in [3.8, 4) is 0 Å². The van der Waals surface area contributed by atoms with E-state index in [9.17, 15) is 9.90 Å². The molecule has 18 heavy (non-hydrogen) atoms. The maximum Gasteiger partial charge on any atom is 0.219 e. The van der Waals surface area contributed by atoms with E-state index in [1.807, 2.05) is 13.8 Å². The number of rotatable bonds is 8. The van der Waals surface area contributed by atoms with Gasteiger partial charge in [-0.15, -0.1) is 0 Å². The van der Waals surface area contributed by atoms with Gasteiger partial charge in [-0.05, 0) is 26.7 Å². The largest absolute Gasteiger partial charge is 0.389 e. The SMILES string of the molecule is CC(C)(CC(N)=O)NCC(O)COC1CCCC1. The van der Waals surface area contributed by atoms with E-state index in [4.69, 9.17) is 10.5 Å². The average molecular weight is 258 g/mol. The zero-order chi connectivity index (χ0) is 13.6. The maximum absolute atomic E-state index is 10.9. The average Bonchev–Trinajstić information content (AvgIpc) is 2.74. The normalized spacial score (nSPS) is 19.1. The van der Waals surface area contributed by atoms with E-state index in [0.29, 0.717) is 19.3 Å². The fourth-order valence-electron chi connectivity index (χ4n) is 2.25. The van der Waals surface area contributed by atoms with E-state index in [0.717, 1.165) is 12.8 Å². The van der Waals surface area contributed by atoms with E-state index in [1.54, 1.807) is 0 Å². The molecule has 1 saturated carbocycles. The molecule has 0 radical (unpaired) electrons. The van der Waals surface area contributed by atoms with Crippen molar-refractivity contribution in [2.75, 3.05) is 13.2 Å². The molecule has 1 fully saturated rings. The first kappa shape index (κ1) is 15.4. The van der Waals surface area contributed by atoms with Gasteiger partial charge in [0.15, 0.2) is 0 Å². The van der Waals surface area contributed by atoms with Gasteiger partial charge in [0.05, 0.1) is 18.8 Å². The van der Waals surface area contributed by atoms with Crippen LogP contribution in [0.2, 0.25) is 0 Å². The Labute approximate surface area is 109 Å². The first-order valence-corrected chi connectivity index (χ1v) is 6.72. The summed E-state index contributed by atoms with van der Waals surface area (Å²) in [4.78, 5) is 10.9. The number of aliphatic hydroxyl groups is 1. The highest BCUT2D eigenvalue weighted by atomic mass is 16.5. The monoisotopic (exact) mass is 258 g/mol. The molecule has 0 saturated heterocycles. The molecule has 0 aromatic heterocycles. The third kappa shape index (κ3) is 6.33. The van der Waals surface area contributed by atoms with Gasteiger partial charge < -0.3 is 20.9 Å². The molecule has 4 N–H and O–H groups in total. The molecule has 1 rings (SSSR count). The third-order valence-corrected chi connectivity index (χ3v) is 3.26. The molecule has 0 bridgehead atoms. The van der Waals surface area contributed by atoms with Crippen LogP contribution in [0.25, 0.3) is 0 Å². The van der Waals surface area contributed by atoms with Crippen LogP contribution in [0.5, 0.6) is 0 Å². The Morgan fingerprint density at radius 3 is 2.67 bits per heavy atom. The van der Waals surface area contributed by atoms with Gasteiger partial charge in [-0.3, -0.25) is 4.79 Å². The third-order valence-electron chi connectivity index (χ3n) is 3.26. The highest BCUT2D eigenvalue weighted by Crippen LogP contribution is 2.20. The second kappa shape index (κ2) is 7.07. The molecule has 5 nitrogen and oxygen atoms in total. The number of ether oxygens (including phenoxy) is 1. The van der Waals surface area contributed by atoms with Crippen LogP contribution in [-0.4, -0.2) is 41.9 Å². The number of amides is 1. The van der Waals surface area contributed by atoms with Crippen LogP contribution in [0, 0.1) is 0 Å². The quantitative estimate of drug-likeness (QED) is 0.593. The molecule has 0 aromatic rings. The van der Waals surface area contributed by atoms with Crippen molar-refractivity contribution in [2.45, 2.75) is 63.7 Å². The van der Waals surface area contributed by atoms with Crippen molar-refractivity contribution < 1.29 is 14.6 Å². The zero-order valence-corrected chi connectivity index (χ0v) is 11.4. The Balaban J connectivity index is 2.15. The van der Waals surface area contributed by atoms with Crippen molar-refractivity contribution in [3.05, 3.63) is 0 Å². The summed E-state index contributed by atoms with van der Waals surface area (Å²) in [5.41, 5.74) is 4.77. The predicted octanol–water partition coefficient (Wildman–Crippen LogP) is 0.550. The fourth-order valence-corrected chi connectivity index (χ4v) is 2.25. The number of carbonyl (C=O) groups excluding carboxylic acids is 1. The number of nitrogens with two attached hydrogens (primary N) is 1. The van der Waals surface area contributed by atoms with Crippen molar-refractivity contribution in [1.82, 2.24) is 5.32 Å². The van der Waals surface area contributed by atoms with Crippen LogP contribution >= 0.6 is 0 Å². The lowest BCUT2D eigenvalue weighted by Gasteiger charge is -2.26. The van der Waals surface area contributed by atoms with Gasteiger partial charge in [-0.25, -0.2) is 0 Å². The summed E-state index contributed by atoms with van der Waals surface area (Å²) in [6.45, 7) is 4.54. The Morgan fingerprint density at radius 2 is 2.11 bits per heavy atom. The van der Waals surface area contributed by atoms with Crippen molar-refractivity contribution >= 4 is 5.91 Å².